The van der Waals surface area contributed by atoms with Crippen LogP contribution in [0.1, 0.15) is 19.3 Å². The Bertz CT molecular complexity index is 935. The number of nitrogens with one attached hydrogen (secondary N) is 2. The normalized spacial score (nSPS) is 24.0. The maximum Gasteiger partial charge on any atom is 0.228 e. The van der Waals surface area contributed by atoms with Crippen LogP contribution in [-0.4, -0.2) is 41.4 Å². The minimum absolute atomic E-state index is 0.119. The van der Waals surface area contributed by atoms with Gasteiger partial charge in [0.05, 0.1) is 29.9 Å². The first-order valence-electron chi connectivity index (χ1n) is 9.25. The third-order valence-electron chi connectivity index (χ3n) is 5.49. The Hall–Kier alpha value is -3.06. The number of likely N-dealkylation sites (tertiary alicyclic amines) is 1. The summed E-state index contributed by atoms with van der Waals surface area (Å²) in [6, 6.07) is 3.58. The third-order valence-corrected chi connectivity index (χ3v) is 5.49. The van der Waals surface area contributed by atoms with Crippen molar-refractivity contribution < 1.29 is 22.8 Å². The summed E-state index contributed by atoms with van der Waals surface area (Å²) in [5.74, 6) is -5.72. The first-order valence-corrected chi connectivity index (χ1v) is 9.25. The molecule has 2 atom stereocenters. The van der Waals surface area contributed by atoms with Crippen LogP contribution in [0.3, 0.4) is 0 Å². The molecular weight excluding hydrogens is 387 g/mol. The first kappa shape index (κ1) is 19.3. The topological polar surface area (TPSA) is 88.5 Å². The number of rotatable bonds is 3. The Morgan fingerprint density at radius 1 is 1.21 bits per heavy atom. The smallest absolute Gasteiger partial charge is 0.228 e. The van der Waals surface area contributed by atoms with Crippen molar-refractivity contribution in [1.82, 2.24) is 15.3 Å². The summed E-state index contributed by atoms with van der Waals surface area (Å²) < 4.78 is 39.9. The van der Waals surface area contributed by atoms with Gasteiger partial charge in [0.15, 0.2) is 17.5 Å². The number of amides is 2. The largest absolute Gasteiger partial charge is 0.326 e. The van der Waals surface area contributed by atoms with Crippen molar-refractivity contribution in [3.05, 3.63) is 41.0 Å². The van der Waals surface area contributed by atoms with Gasteiger partial charge in [0.1, 0.15) is 0 Å². The molecule has 29 heavy (non-hydrogen) atoms. The van der Waals surface area contributed by atoms with E-state index in [9.17, 15) is 22.8 Å². The summed E-state index contributed by atoms with van der Waals surface area (Å²) in [6.45, 7) is 1.28. The number of hydrogen-bond acceptors (Lipinski definition) is 5. The van der Waals surface area contributed by atoms with Crippen LogP contribution in [0.25, 0.3) is 0 Å². The summed E-state index contributed by atoms with van der Waals surface area (Å²) in [4.78, 5) is 26.5. The lowest BCUT2D eigenvalue weighted by Crippen LogP contribution is -2.40. The van der Waals surface area contributed by atoms with E-state index >= 15 is 0 Å². The van der Waals surface area contributed by atoms with Crippen LogP contribution in [0.5, 0.6) is 0 Å². The molecule has 3 heterocycles. The second kappa shape index (κ2) is 7.40. The number of hydrogen-bond donors (Lipinski definition) is 2. The van der Waals surface area contributed by atoms with Crippen molar-refractivity contribution in [2.45, 2.75) is 19.3 Å². The molecule has 4 rings (SSSR count). The van der Waals surface area contributed by atoms with Gasteiger partial charge >= 0.3 is 0 Å². The summed E-state index contributed by atoms with van der Waals surface area (Å²) in [5.41, 5.74) is 4.58. The van der Waals surface area contributed by atoms with E-state index in [2.05, 4.69) is 16.8 Å². The zero-order valence-electron chi connectivity index (χ0n) is 15.3. The lowest BCUT2D eigenvalue weighted by molar-refractivity contribution is -0.126. The lowest BCUT2D eigenvalue weighted by Gasteiger charge is -2.32. The SMILES string of the molecule is N#CC1CC(=O)N(C2=C3CC(C(=O)Nc4cc(F)c(F)c(F)c4)CCN3NC2)C1. The molecule has 0 spiro atoms. The molecule has 7 nitrogen and oxygen atoms in total. The summed E-state index contributed by atoms with van der Waals surface area (Å²) >= 11 is 0. The van der Waals surface area contributed by atoms with Gasteiger partial charge in [0.2, 0.25) is 11.8 Å². The van der Waals surface area contributed by atoms with Crippen molar-refractivity contribution in [1.29, 1.82) is 5.26 Å². The van der Waals surface area contributed by atoms with Gasteiger partial charge in [-0.1, -0.05) is 0 Å². The fraction of sp³-hybridized carbons (Fsp3) is 0.421. The molecule has 0 radical (unpaired) electrons. The van der Waals surface area contributed by atoms with Crippen molar-refractivity contribution in [2.24, 2.45) is 11.8 Å². The van der Waals surface area contributed by atoms with E-state index in [-0.39, 0.29) is 23.9 Å². The molecule has 1 aromatic rings. The molecule has 1 aromatic carbocycles. The molecule has 0 saturated carbocycles. The van der Waals surface area contributed by atoms with E-state index in [0.717, 1.165) is 23.5 Å². The number of carbonyl (C=O) groups is 2. The molecule has 0 aromatic heterocycles. The maximum atomic E-state index is 13.4. The highest BCUT2D eigenvalue weighted by molar-refractivity contribution is 5.93. The van der Waals surface area contributed by atoms with Crippen LogP contribution in [0.2, 0.25) is 0 Å². The molecule has 2 fully saturated rings. The van der Waals surface area contributed by atoms with Gasteiger partial charge < -0.3 is 15.2 Å². The number of fused-ring (bicyclic) bond motifs is 1. The molecule has 152 valence electrons. The lowest BCUT2D eigenvalue weighted by atomic mass is 9.93. The molecule has 2 N–H and O–H groups in total. The van der Waals surface area contributed by atoms with Crippen LogP contribution in [0.4, 0.5) is 18.9 Å². The van der Waals surface area contributed by atoms with Crippen molar-refractivity contribution in [3.63, 3.8) is 0 Å². The molecule has 0 bridgehead atoms. The van der Waals surface area contributed by atoms with Gasteiger partial charge in [0, 0.05) is 49.7 Å². The highest BCUT2D eigenvalue weighted by Crippen LogP contribution is 2.34. The predicted molar refractivity (Wildman–Crippen MR) is 94.8 cm³/mol. The highest BCUT2D eigenvalue weighted by Gasteiger charge is 2.39. The van der Waals surface area contributed by atoms with Crippen molar-refractivity contribution in [2.75, 3.05) is 25.0 Å². The summed E-state index contributed by atoms with van der Waals surface area (Å²) in [7, 11) is 0. The second-order valence-electron chi connectivity index (χ2n) is 7.35. The van der Waals surface area contributed by atoms with Gasteiger partial charge in [-0.05, 0) is 6.42 Å². The third kappa shape index (κ3) is 3.53. The molecule has 2 saturated heterocycles. The molecule has 10 heteroatoms. The van der Waals surface area contributed by atoms with Gasteiger partial charge in [-0.3, -0.25) is 9.59 Å². The average Bonchev–Trinajstić information content (AvgIpc) is 3.28. The molecular formula is C19H18F3N5O2. The zero-order chi connectivity index (χ0) is 20.7. The quantitative estimate of drug-likeness (QED) is 0.750. The van der Waals surface area contributed by atoms with Crippen LogP contribution in [-0.2, 0) is 9.59 Å². The van der Waals surface area contributed by atoms with E-state index in [1.54, 1.807) is 4.90 Å². The molecule has 3 aliphatic heterocycles. The van der Waals surface area contributed by atoms with E-state index in [0.29, 0.717) is 32.5 Å². The molecule has 2 amide bonds. The number of allylic oxidation sites excluding steroid dienone is 1. The number of anilines is 1. The van der Waals surface area contributed by atoms with Crippen LogP contribution in [0.15, 0.2) is 23.5 Å². The van der Waals surface area contributed by atoms with Crippen LogP contribution < -0.4 is 10.7 Å². The Balaban J connectivity index is 1.50. The van der Waals surface area contributed by atoms with E-state index in [4.69, 9.17) is 5.26 Å². The summed E-state index contributed by atoms with van der Waals surface area (Å²) in [5, 5.41) is 13.4. The Kier molecular flexibility index (Phi) is 4.92. The number of benzene rings is 1. The average molecular weight is 405 g/mol. The van der Waals surface area contributed by atoms with Gasteiger partial charge in [-0.2, -0.15) is 5.26 Å². The second-order valence-corrected chi connectivity index (χ2v) is 7.35. The number of halogens is 3. The standard InChI is InChI=1S/C19H18F3N5O2/c20-13-5-12(6-14(21)18(13)22)25-19(29)11-1-2-27-15(4-11)16(8-24-27)26-9-10(7-23)3-17(26)28/h5-6,10-11,24H,1-4,8-9H2,(H,25,29). The zero-order valence-corrected chi connectivity index (χ0v) is 15.3. The van der Waals surface area contributed by atoms with Crippen LogP contribution in [0, 0.1) is 40.6 Å². The number of carbonyl (C=O) groups excluding carboxylic acids is 2. The highest BCUT2D eigenvalue weighted by atomic mass is 19.2. The predicted octanol–water partition coefficient (Wildman–Crippen LogP) is 1.86. The van der Waals surface area contributed by atoms with Gasteiger partial charge in [0.25, 0.3) is 0 Å². The molecule has 0 aliphatic carbocycles. The fourth-order valence-corrected chi connectivity index (χ4v) is 3.99. The number of hydrazine groups is 1. The number of nitriles is 1. The molecule has 2 unspecified atom stereocenters. The fourth-order valence-electron chi connectivity index (χ4n) is 3.99. The Morgan fingerprint density at radius 3 is 2.59 bits per heavy atom. The summed E-state index contributed by atoms with van der Waals surface area (Å²) in [6.07, 6.45) is 1.01. The van der Waals surface area contributed by atoms with Crippen molar-refractivity contribution in [3.8, 4) is 6.07 Å². The molecule has 3 aliphatic rings. The Morgan fingerprint density at radius 2 is 1.93 bits per heavy atom. The minimum atomic E-state index is -1.59. The van der Waals surface area contributed by atoms with E-state index in [1.165, 1.54) is 0 Å². The minimum Gasteiger partial charge on any atom is -0.326 e. The van der Waals surface area contributed by atoms with E-state index < -0.39 is 29.3 Å². The van der Waals surface area contributed by atoms with Gasteiger partial charge in [-0.25, -0.2) is 18.6 Å². The first-order chi connectivity index (χ1) is 13.9. The number of piperidine rings is 1. The van der Waals surface area contributed by atoms with E-state index in [1.807, 2.05) is 5.01 Å². The van der Waals surface area contributed by atoms with Crippen molar-refractivity contribution >= 4 is 17.5 Å². The number of nitrogens with zero attached hydrogens (tertiary/aromatic N) is 3. The van der Waals surface area contributed by atoms with Gasteiger partial charge in [-0.15, -0.1) is 0 Å². The Labute approximate surface area is 164 Å². The van der Waals surface area contributed by atoms with Crippen LogP contribution >= 0.6 is 0 Å². The monoisotopic (exact) mass is 405 g/mol. The maximum absolute atomic E-state index is 13.4.